The van der Waals surface area contributed by atoms with Crippen LogP contribution in [0.25, 0.3) is 0 Å². The number of hydrogen-bond acceptors (Lipinski definition) is 1. The van der Waals surface area contributed by atoms with Gasteiger partial charge in [0.2, 0.25) is 0 Å². The molecule has 2 nitrogen and oxygen atoms in total. The smallest absolute Gasteiger partial charge is 0.0940 e. The third-order valence-electron chi connectivity index (χ3n) is 4.43. The Morgan fingerprint density at radius 2 is 1.67 bits per heavy atom. The average molecular weight is 235 g/mol. The molecule has 0 N–H and O–H groups in total. The Balaban J connectivity index is 0.00000196. The standard InChI is InChI=1S/C12H27N2.ClH/c1-10-11(14(5,6)7)8-9-13(4)12(10,2)3;/h10-11H,8-9H2,1-7H3;1H/q+1;/p-1. The highest BCUT2D eigenvalue weighted by Gasteiger charge is 2.44. The first-order valence-corrected chi connectivity index (χ1v) is 5.69. The highest BCUT2D eigenvalue weighted by atomic mass is 35.5. The van der Waals surface area contributed by atoms with E-state index in [9.17, 15) is 0 Å². The Bertz CT molecular complexity index is 208. The molecule has 15 heavy (non-hydrogen) atoms. The fourth-order valence-electron chi connectivity index (χ4n) is 2.74. The van der Waals surface area contributed by atoms with E-state index in [-0.39, 0.29) is 12.4 Å². The number of rotatable bonds is 1. The summed E-state index contributed by atoms with van der Waals surface area (Å²) in [6, 6.07) is 0.793. The Morgan fingerprint density at radius 3 is 2.07 bits per heavy atom. The van der Waals surface area contributed by atoms with Crippen LogP contribution < -0.4 is 12.4 Å². The van der Waals surface area contributed by atoms with Gasteiger partial charge in [-0.1, -0.05) is 6.92 Å². The molecule has 0 amide bonds. The van der Waals surface area contributed by atoms with Crippen LogP contribution >= 0.6 is 0 Å². The van der Waals surface area contributed by atoms with E-state index in [0.29, 0.717) is 5.54 Å². The Labute approximate surface area is 102 Å². The van der Waals surface area contributed by atoms with E-state index in [0.717, 1.165) is 16.4 Å². The molecule has 1 rings (SSSR count). The van der Waals surface area contributed by atoms with Gasteiger partial charge in [-0.15, -0.1) is 0 Å². The molecule has 0 spiro atoms. The summed E-state index contributed by atoms with van der Waals surface area (Å²) in [6.45, 7) is 8.39. The molecule has 0 bridgehead atoms. The number of quaternary nitrogens is 1. The number of likely N-dealkylation sites (tertiary alicyclic amines) is 1. The van der Waals surface area contributed by atoms with E-state index in [4.69, 9.17) is 0 Å². The van der Waals surface area contributed by atoms with Gasteiger partial charge in [0.25, 0.3) is 0 Å². The van der Waals surface area contributed by atoms with Gasteiger partial charge in [0.05, 0.1) is 27.2 Å². The molecular weight excluding hydrogens is 208 g/mol. The molecule has 1 aliphatic rings. The summed E-state index contributed by atoms with van der Waals surface area (Å²) >= 11 is 0. The van der Waals surface area contributed by atoms with E-state index < -0.39 is 0 Å². The van der Waals surface area contributed by atoms with E-state index >= 15 is 0 Å². The Kier molecular flexibility index (Phi) is 4.67. The lowest BCUT2D eigenvalue weighted by molar-refractivity contribution is -0.902. The van der Waals surface area contributed by atoms with E-state index in [2.05, 4.69) is 53.9 Å². The molecule has 92 valence electrons. The molecule has 2 unspecified atom stereocenters. The summed E-state index contributed by atoms with van der Waals surface area (Å²) in [5.41, 5.74) is 0.342. The zero-order valence-corrected chi connectivity index (χ0v) is 12.1. The van der Waals surface area contributed by atoms with Crippen molar-refractivity contribution in [3.63, 3.8) is 0 Å². The predicted octanol–water partition coefficient (Wildman–Crippen LogP) is -1.18. The lowest BCUT2D eigenvalue weighted by atomic mass is 9.76. The quantitative estimate of drug-likeness (QED) is 0.517. The molecule has 0 radical (unpaired) electrons. The second-order valence-electron chi connectivity index (χ2n) is 6.34. The third kappa shape index (κ3) is 2.86. The molecule has 3 heteroatoms. The highest BCUT2D eigenvalue weighted by molar-refractivity contribution is 4.93. The van der Waals surface area contributed by atoms with Crippen LogP contribution in [0.2, 0.25) is 0 Å². The zero-order valence-electron chi connectivity index (χ0n) is 11.3. The van der Waals surface area contributed by atoms with Crippen molar-refractivity contribution < 1.29 is 16.9 Å². The number of halogens is 1. The molecule has 0 saturated carbocycles. The van der Waals surface area contributed by atoms with Crippen molar-refractivity contribution in [3.8, 4) is 0 Å². The van der Waals surface area contributed by atoms with Gasteiger partial charge in [-0.2, -0.15) is 0 Å². The maximum Gasteiger partial charge on any atom is 0.0940 e. The minimum atomic E-state index is 0. The monoisotopic (exact) mass is 234 g/mol. The minimum absolute atomic E-state index is 0. The van der Waals surface area contributed by atoms with Crippen LogP contribution in [0.4, 0.5) is 0 Å². The van der Waals surface area contributed by atoms with Gasteiger partial charge in [-0.3, -0.25) is 0 Å². The first kappa shape index (κ1) is 15.2. The molecule has 1 fully saturated rings. The Hall–Kier alpha value is 0.210. The molecule has 0 aromatic carbocycles. The zero-order chi connectivity index (χ0) is 11.1. The fraction of sp³-hybridized carbons (Fsp3) is 1.00. The van der Waals surface area contributed by atoms with Crippen molar-refractivity contribution in [3.05, 3.63) is 0 Å². The van der Waals surface area contributed by atoms with Crippen LogP contribution in [0.1, 0.15) is 27.2 Å². The third-order valence-corrected chi connectivity index (χ3v) is 4.43. The van der Waals surface area contributed by atoms with Crippen LogP contribution in [0.5, 0.6) is 0 Å². The fourth-order valence-corrected chi connectivity index (χ4v) is 2.74. The van der Waals surface area contributed by atoms with Crippen molar-refractivity contribution in [1.29, 1.82) is 0 Å². The number of hydrogen-bond donors (Lipinski definition) is 0. The molecular formula is C12H27ClN2. The second kappa shape index (κ2) is 4.60. The van der Waals surface area contributed by atoms with E-state index in [1.165, 1.54) is 13.0 Å². The normalized spacial score (nSPS) is 32.2. The van der Waals surface area contributed by atoms with E-state index in [1.807, 2.05) is 0 Å². The van der Waals surface area contributed by atoms with Crippen LogP contribution in [0.15, 0.2) is 0 Å². The molecule has 1 aliphatic heterocycles. The molecule has 1 saturated heterocycles. The summed E-state index contributed by atoms with van der Waals surface area (Å²) in [6.07, 6.45) is 1.32. The largest absolute Gasteiger partial charge is 1.00 e. The van der Waals surface area contributed by atoms with Gasteiger partial charge < -0.3 is 21.8 Å². The first-order valence-electron chi connectivity index (χ1n) is 5.69. The second-order valence-corrected chi connectivity index (χ2v) is 6.34. The minimum Gasteiger partial charge on any atom is -1.00 e. The van der Waals surface area contributed by atoms with Gasteiger partial charge in [-0.05, 0) is 20.9 Å². The van der Waals surface area contributed by atoms with Gasteiger partial charge in [-0.25, -0.2) is 0 Å². The van der Waals surface area contributed by atoms with Gasteiger partial charge in [0, 0.05) is 24.4 Å². The van der Waals surface area contributed by atoms with Crippen LogP contribution in [0.3, 0.4) is 0 Å². The van der Waals surface area contributed by atoms with Crippen molar-refractivity contribution in [2.24, 2.45) is 5.92 Å². The molecule has 1 heterocycles. The summed E-state index contributed by atoms with van der Waals surface area (Å²) in [7, 11) is 9.22. The van der Waals surface area contributed by atoms with Gasteiger partial charge in [0.15, 0.2) is 0 Å². The molecule has 2 atom stereocenters. The van der Waals surface area contributed by atoms with Crippen LogP contribution in [-0.2, 0) is 0 Å². The number of nitrogens with zero attached hydrogens (tertiary/aromatic N) is 2. The summed E-state index contributed by atoms with van der Waals surface area (Å²) in [4.78, 5) is 2.50. The lowest BCUT2D eigenvalue weighted by Gasteiger charge is -2.52. The maximum atomic E-state index is 2.50. The van der Waals surface area contributed by atoms with Crippen molar-refractivity contribution in [1.82, 2.24) is 4.90 Å². The van der Waals surface area contributed by atoms with Crippen LogP contribution in [-0.4, -0.2) is 55.7 Å². The first-order chi connectivity index (χ1) is 6.17. The SMILES string of the molecule is CC1C([N+](C)(C)C)CCN(C)C1(C)C.[Cl-]. The molecule has 0 aromatic heterocycles. The highest BCUT2D eigenvalue weighted by Crippen LogP contribution is 2.35. The molecule has 0 aromatic rings. The van der Waals surface area contributed by atoms with Crippen molar-refractivity contribution in [2.75, 3.05) is 34.7 Å². The topological polar surface area (TPSA) is 3.24 Å². The summed E-state index contributed by atoms with van der Waals surface area (Å²) < 4.78 is 1.10. The van der Waals surface area contributed by atoms with Crippen molar-refractivity contribution >= 4 is 0 Å². The van der Waals surface area contributed by atoms with Crippen LogP contribution in [0, 0.1) is 5.92 Å². The lowest BCUT2D eigenvalue weighted by Crippen LogP contribution is -3.00. The summed E-state index contributed by atoms with van der Waals surface area (Å²) in [5, 5.41) is 0. The predicted molar refractivity (Wildman–Crippen MR) is 62.3 cm³/mol. The van der Waals surface area contributed by atoms with Gasteiger partial charge >= 0.3 is 0 Å². The van der Waals surface area contributed by atoms with Crippen molar-refractivity contribution in [2.45, 2.75) is 38.8 Å². The summed E-state index contributed by atoms with van der Waals surface area (Å²) in [5.74, 6) is 0.751. The average Bonchev–Trinajstić information content (AvgIpc) is 1.99. The Morgan fingerprint density at radius 1 is 1.20 bits per heavy atom. The molecule has 0 aliphatic carbocycles. The van der Waals surface area contributed by atoms with Gasteiger partial charge in [0.1, 0.15) is 0 Å². The number of piperidine rings is 1. The maximum absolute atomic E-state index is 2.50. The van der Waals surface area contributed by atoms with E-state index in [1.54, 1.807) is 0 Å².